The van der Waals surface area contributed by atoms with Crippen molar-refractivity contribution in [2.45, 2.75) is 25.1 Å². The van der Waals surface area contributed by atoms with Crippen LogP contribution in [0.3, 0.4) is 0 Å². The summed E-state index contributed by atoms with van der Waals surface area (Å²) >= 11 is 3.23. The Balaban J connectivity index is 4.99. The Morgan fingerprint density at radius 3 is 2.27 bits per heavy atom. The zero-order valence-corrected chi connectivity index (χ0v) is 10.8. The summed E-state index contributed by atoms with van der Waals surface area (Å²) in [6.45, 7) is 5.27. The van der Waals surface area contributed by atoms with Crippen LogP contribution in [0.1, 0.15) is 20.8 Å². The van der Waals surface area contributed by atoms with E-state index in [1.165, 1.54) is 7.11 Å². The summed E-state index contributed by atoms with van der Waals surface area (Å²) in [6.07, 6.45) is -0.828. The number of alkyl halides is 1. The van der Waals surface area contributed by atoms with Gasteiger partial charge in [0.1, 0.15) is 5.71 Å². The first-order chi connectivity index (χ1) is 6.82. The normalized spacial score (nSPS) is 12.2. The SMILES string of the molecule is CCOC(=O)/C(=N/C(=O)OC)C(C)(C)Br. The van der Waals surface area contributed by atoms with E-state index in [9.17, 15) is 9.59 Å². The number of carbonyl (C=O) groups is 2. The van der Waals surface area contributed by atoms with Gasteiger partial charge in [-0.2, -0.15) is 4.99 Å². The third kappa shape index (κ3) is 4.92. The van der Waals surface area contributed by atoms with E-state index < -0.39 is 16.4 Å². The summed E-state index contributed by atoms with van der Waals surface area (Å²) in [4.78, 5) is 25.9. The number of ether oxygens (including phenoxy) is 2. The minimum Gasteiger partial charge on any atom is -0.461 e. The van der Waals surface area contributed by atoms with Crippen molar-refractivity contribution in [3.8, 4) is 0 Å². The van der Waals surface area contributed by atoms with E-state index in [4.69, 9.17) is 4.74 Å². The fourth-order valence-electron chi connectivity index (χ4n) is 0.758. The van der Waals surface area contributed by atoms with Gasteiger partial charge in [-0.3, -0.25) is 0 Å². The fourth-order valence-corrected chi connectivity index (χ4v) is 1.01. The van der Waals surface area contributed by atoms with Gasteiger partial charge in [0, 0.05) is 0 Å². The highest BCUT2D eigenvalue weighted by Gasteiger charge is 2.30. The van der Waals surface area contributed by atoms with Crippen LogP contribution in [0.4, 0.5) is 4.79 Å². The summed E-state index contributed by atoms with van der Waals surface area (Å²) in [5, 5.41) is 0. The minimum absolute atomic E-state index is 0.0174. The van der Waals surface area contributed by atoms with Gasteiger partial charge in [-0.25, -0.2) is 9.59 Å². The molecule has 0 aromatic rings. The van der Waals surface area contributed by atoms with Gasteiger partial charge < -0.3 is 9.47 Å². The van der Waals surface area contributed by atoms with E-state index in [-0.39, 0.29) is 12.3 Å². The quantitative estimate of drug-likeness (QED) is 0.450. The molecule has 0 N–H and O–H groups in total. The summed E-state index contributed by atoms with van der Waals surface area (Å²) in [7, 11) is 1.19. The van der Waals surface area contributed by atoms with E-state index in [1.54, 1.807) is 20.8 Å². The molecule has 0 rings (SSSR count). The number of rotatable bonds is 3. The van der Waals surface area contributed by atoms with Crippen molar-refractivity contribution in [2.75, 3.05) is 13.7 Å². The number of nitrogens with zero attached hydrogens (tertiary/aromatic N) is 1. The van der Waals surface area contributed by atoms with Gasteiger partial charge >= 0.3 is 12.1 Å². The number of esters is 1. The second kappa shape index (κ2) is 5.85. The van der Waals surface area contributed by atoms with Crippen molar-refractivity contribution in [1.29, 1.82) is 0 Å². The lowest BCUT2D eigenvalue weighted by Crippen LogP contribution is -2.34. The van der Waals surface area contributed by atoms with Crippen LogP contribution < -0.4 is 0 Å². The van der Waals surface area contributed by atoms with Crippen molar-refractivity contribution in [2.24, 2.45) is 4.99 Å². The number of aliphatic imine (C=N–C) groups is 1. The Morgan fingerprint density at radius 1 is 1.40 bits per heavy atom. The van der Waals surface area contributed by atoms with Crippen molar-refractivity contribution in [1.82, 2.24) is 0 Å². The highest BCUT2D eigenvalue weighted by atomic mass is 79.9. The average molecular weight is 280 g/mol. The van der Waals surface area contributed by atoms with Crippen LogP contribution in [0, 0.1) is 0 Å². The second-order valence-corrected chi connectivity index (χ2v) is 5.11. The molecule has 86 valence electrons. The highest BCUT2D eigenvalue weighted by molar-refractivity contribution is 9.10. The lowest BCUT2D eigenvalue weighted by atomic mass is 10.1. The van der Waals surface area contributed by atoms with Gasteiger partial charge in [-0.1, -0.05) is 15.9 Å². The Labute approximate surface area is 97.0 Å². The Kier molecular flexibility index (Phi) is 5.49. The molecular weight excluding hydrogens is 266 g/mol. The smallest absolute Gasteiger partial charge is 0.433 e. The van der Waals surface area contributed by atoms with Crippen LogP contribution in [-0.2, 0) is 14.3 Å². The van der Waals surface area contributed by atoms with E-state index in [0.717, 1.165) is 0 Å². The van der Waals surface area contributed by atoms with E-state index in [1.807, 2.05) is 0 Å². The largest absolute Gasteiger partial charge is 0.461 e. The molecule has 0 saturated carbocycles. The molecule has 0 aliphatic rings. The first-order valence-corrected chi connectivity index (χ1v) is 5.15. The summed E-state index contributed by atoms with van der Waals surface area (Å²) in [6, 6.07) is 0. The predicted octanol–water partition coefficient (Wildman–Crippen LogP) is 1.93. The first-order valence-electron chi connectivity index (χ1n) is 4.36. The molecule has 0 unspecified atom stereocenters. The van der Waals surface area contributed by atoms with Crippen molar-refractivity contribution in [3.05, 3.63) is 0 Å². The van der Waals surface area contributed by atoms with Crippen LogP contribution in [-0.4, -0.2) is 35.8 Å². The fraction of sp³-hybridized carbons (Fsp3) is 0.667. The summed E-state index contributed by atoms with van der Waals surface area (Å²) < 4.78 is 8.37. The molecule has 0 aromatic heterocycles. The minimum atomic E-state index is -0.828. The standard InChI is InChI=1S/C9H14BrNO4/c1-5-15-7(12)6(9(2,3)10)11-8(13)14-4/h5H2,1-4H3/b11-6-. The number of hydrogen-bond acceptors (Lipinski definition) is 4. The predicted molar refractivity (Wildman–Crippen MR) is 59.5 cm³/mol. The van der Waals surface area contributed by atoms with E-state index in [2.05, 4.69) is 25.7 Å². The summed E-state index contributed by atoms with van der Waals surface area (Å²) in [5.74, 6) is -0.634. The lowest BCUT2D eigenvalue weighted by Gasteiger charge is -2.17. The van der Waals surface area contributed by atoms with Gasteiger partial charge in [-0.15, -0.1) is 0 Å². The summed E-state index contributed by atoms with van der Waals surface area (Å²) in [5.41, 5.74) is -0.0174. The molecule has 0 saturated heterocycles. The number of halogens is 1. The van der Waals surface area contributed by atoms with Crippen molar-refractivity contribution in [3.63, 3.8) is 0 Å². The van der Waals surface area contributed by atoms with E-state index >= 15 is 0 Å². The van der Waals surface area contributed by atoms with Crippen LogP contribution in [0.15, 0.2) is 4.99 Å². The maximum Gasteiger partial charge on any atom is 0.433 e. The Hall–Kier alpha value is -0.910. The molecule has 5 nitrogen and oxygen atoms in total. The molecule has 0 spiro atoms. The second-order valence-electron chi connectivity index (χ2n) is 3.12. The first kappa shape index (κ1) is 14.1. The number of methoxy groups -OCH3 is 1. The van der Waals surface area contributed by atoms with Gasteiger partial charge in [0.15, 0.2) is 0 Å². The lowest BCUT2D eigenvalue weighted by molar-refractivity contribution is -0.135. The third-order valence-electron chi connectivity index (χ3n) is 1.41. The van der Waals surface area contributed by atoms with Crippen molar-refractivity contribution < 1.29 is 19.1 Å². The van der Waals surface area contributed by atoms with Crippen LogP contribution in [0.25, 0.3) is 0 Å². The van der Waals surface area contributed by atoms with Gasteiger partial charge in [0.25, 0.3) is 0 Å². The highest BCUT2D eigenvalue weighted by Crippen LogP contribution is 2.19. The Morgan fingerprint density at radius 2 is 1.93 bits per heavy atom. The molecule has 0 radical (unpaired) electrons. The van der Waals surface area contributed by atoms with Crippen LogP contribution >= 0.6 is 15.9 Å². The van der Waals surface area contributed by atoms with Crippen molar-refractivity contribution >= 4 is 33.7 Å². The zero-order valence-electron chi connectivity index (χ0n) is 9.17. The third-order valence-corrected chi connectivity index (χ3v) is 1.79. The molecule has 0 aliphatic carbocycles. The zero-order chi connectivity index (χ0) is 12.1. The van der Waals surface area contributed by atoms with Gasteiger partial charge in [0.05, 0.1) is 18.0 Å². The molecular formula is C9H14BrNO4. The molecule has 0 heterocycles. The average Bonchev–Trinajstić information content (AvgIpc) is 2.12. The van der Waals surface area contributed by atoms with Gasteiger partial charge in [0.2, 0.25) is 0 Å². The van der Waals surface area contributed by atoms with Gasteiger partial charge in [-0.05, 0) is 20.8 Å². The number of hydrogen-bond donors (Lipinski definition) is 0. The molecule has 15 heavy (non-hydrogen) atoms. The number of carbonyl (C=O) groups excluding carboxylic acids is 2. The topological polar surface area (TPSA) is 65.0 Å². The Bertz CT molecular complexity index is 280. The molecule has 0 aromatic carbocycles. The monoisotopic (exact) mass is 279 g/mol. The maximum absolute atomic E-state index is 11.5. The maximum atomic E-state index is 11.5. The molecule has 0 atom stereocenters. The van der Waals surface area contributed by atoms with Crippen LogP contribution in [0.5, 0.6) is 0 Å². The molecule has 1 amide bonds. The molecule has 0 fully saturated rings. The molecule has 0 bridgehead atoms. The molecule has 6 heteroatoms. The van der Waals surface area contributed by atoms with E-state index in [0.29, 0.717) is 0 Å². The van der Waals surface area contributed by atoms with Crippen LogP contribution in [0.2, 0.25) is 0 Å². The number of amides is 1. The molecule has 0 aliphatic heterocycles.